The fourth-order valence-electron chi connectivity index (χ4n) is 2.90. The predicted molar refractivity (Wildman–Crippen MR) is 131 cm³/mol. The number of hydrogen-bond donors (Lipinski definition) is 7. The van der Waals surface area contributed by atoms with E-state index in [0.29, 0.717) is 23.6 Å². The fourth-order valence-corrected chi connectivity index (χ4v) is 3.86. The number of carbonyl (C=O) groups is 4. The van der Waals surface area contributed by atoms with Crippen LogP contribution in [0.4, 0.5) is 0 Å². The zero-order chi connectivity index (χ0) is 25.7. The van der Waals surface area contributed by atoms with Gasteiger partial charge in [-0.2, -0.15) is 23.5 Å². The number of nitrogens with one attached hydrogen (secondary N) is 4. The van der Waals surface area contributed by atoms with Crippen LogP contribution in [0.25, 0.3) is 0 Å². The summed E-state index contributed by atoms with van der Waals surface area (Å²) < 4.78 is 0. The van der Waals surface area contributed by atoms with Crippen LogP contribution in [0, 0.1) is 0 Å². The summed E-state index contributed by atoms with van der Waals surface area (Å²) in [5.74, 6) is -2.11. The Morgan fingerprint density at radius 3 is 2.15 bits per heavy atom. The van der Waals surface area contributed by atoms with Gasteiger partial charge in [0.05, 0.1) is 18.5 Å². The lowest BCUT2D eigenvalue weighted by molar-refractivity contribution is -0.145. The molecule has 0 spiro atoms. The number of rotatable bonds is 16. The molecule has 0 aliphatic heterocycles. The predicted octanol–water partition coefficient (Wildman–Crippen LogP) is -1.29. The zero-order valence-electron chi connectivity index (χ0n) is 19.4. The third-order valence-electron chi connectivity index (χ3n) is 4.87. The number of aromatic amines is 1. The Morgan fingerprint density at radius 1 is 1.03 bits per heavy atom. The Hall–Kier alpha value is -2.29. The van der Waals surface area contributed by atoms with Crippen molar-refractivity contribution in [2.45, 2.75) is 56.5 Å². The number of nitrogens with two attached hydrogens (primary N) is 1. The molecule has 1 heterocycles. The standard InChI is InChI=1S/C20H34N6O6S2/c1-11(27)16(20(31)32)26-18(29)14(5-7-34-3)24-19(30)15(8-12-9-22-10-23-12)25-17(28)13(21)4-6-33-2/h9-11,13-16,27H,4-8,21H2,1-3H3,(H,22,23)(H,24,30)(H,25,28)(H,26,29)(H,31,32). The van der Waals surface area contributed by atoms with Gasteiger partial charge in [-0.25, -0.2) is 9.78 Å². The van der Waals surface area contributed by atoms with Crippen molar-refractivity contribution in [3.8, 4) is 0 Å². The second-order valence-corrected chi connectivity index (χ2v) is 9.61. The Bertz CT molecular complexity index is 795. The minimum atomic E-state index is -1.53. The molecule has 0 radical (unpaired) electrons. The molecule has 34 heavy (non-hydrogen) atoms. The summed E-state index contributed by atoms with van der Waals surface area (Å²) in [5, 5.41) is 26.4. The number of H-pyrrole nitrogens is 1. The molecule has 1 aromatic rings. The van der Waals surface area contributed by atoms with E-state index in [2.05, 4.69) is 25.9 Å². The molecular formula is C20H34N6O6S2. The van der Waals surface area contributed by atoms with Crippen LogP contribution in [0.15, 0.2) is 12.5 Å². The Kier molecular flexibility index (Phi) is 13.6. The molecule has 0 saturated carbocycles. The van der Waals surface area contributed by atoms with E-state index in [1.165, 1.54) is 31.2 Å². The van der Waals surface area contributed by atoms with Gasteiger partial charge in [0.25, 0.3) is 0 Å². The molecule has 0 fully saturated rings. The van der Waals surface area contributed by atoms with Crippen LogP contribution in [-0.4, -0.2) is 98.2 Å². The minimum absolute atomic E-state index is 0.0785. The number of aromatic nitrogens is 2. The summed E-state index contributed by atoms with van der Waals surface area (Å²) in [6.07, 6.45) is 6.05. The number of carboxylic acid groups (broad SMARTS) is 1. The van der Waals surface area contributed by atoms with Crippen molar-refractivity contribution in [1.82, 2.24) is 25.9 Å². The molecule has 14 heteroatoms. The molecule has 0 aromatic carbocycles. The second-order valence-electron chi connectivity index (χ2n) is 7.64. The molecule has 192 valence electrons. The molecule has 5 unspecified atom stereocenters. The molecule has 5 atom stereocenters. The Balaban J connectivity index is 3.00. The number of aliphatic hydroxyl groups excluding tert-OH is 1. The van der Waals surface area contributed by atoms with Crippen LogP contribution in [0.2, 0.25) is 0 Å². The molecule has 0 aliphatic carbocycles. The highest BCUT2D eigenvalue weighted by molar-refractivity contribution is 7.98. The molecule has 3 amide bonds. The number of hydrogen-bond acceptors (Lipinski definition) is 9. The molecule has 1 aromatic heterocycles. The fraction of sp³-hybridized carbons (Fsp3) is 0.650. The van der Waals surface area contributed by atoms with Gasteiger partial charge in [-0.3, -0.25) is 14.4 Å². The summed E-state index contributed by atoms with van der Waals surface area (Å²) in [5.41, 5.74) is 6.51. The van der Waals surface area contributed by atoms with Crippen LogP contribution in [-0.2, 0) is 25.6 Å². The van der Waals surface area contributed by atoms with Crippen LogP contribution in [0.3, 0.4) is 0 Å². The van der Waals surface area contributed by atoms with Crippen molar-refractivity contribution in [2.75, 3.05) is 24.0 Å². The van der Waals surface area contributed by atoms with Crippen LogP contribution in [0.5, 0.6) is 0 Å². The van der Waals surface area contributed by atoms with Crippen molar-refractivity contribution < 1.29 is 29.4 Å². The molecule has 8 N–H and O–H groups in total. The number of amides is 3. The van der Waals surface area contributed by atoms with E-state index < -0.39 is 54.0 Å². The first-order valence-electron chi connectivity index (χ1n) is 10.6. The molecule has 0 bridgehead atoms. The maximum atomic E-state index is 13.1. The van der Waals surface area contributed by atoms with E-state index in [0.717, 1.165) is 0 Å². The quantitative estimate of drug-likeness (QED) is 0.138. The lowest BCUT2D eigenvalue weighted by atomic mass is 10.1. The zero-order valence-corrected chi connectivity index (χ0v) is 21.1. The highest BCUT2D eigenvalue weighted by atomic mass is 32.2. The van der Waals surface area contributed by atoms with Gasteiger partial charge in [0.2, 0.25) is 17.7 Å². The van der Waals surface area contributed by atoms with E-state index in [-0.39, 0.29) is 12.8 Å². The SMILES string of the molecule is CSCCC(N)C(=O)NC(Cc1cnc[nH]1)C(=O)NC(CCSC)C(=O)NC(C(=O)O)C(C)O. The number of imidazole rings is 1. The van der Waals surface area contributed by atoms with Gasteiger partial charge >= 0.3 is 5.97 Å². The van der Waals surface area contributed by atoms with Crippen molar-refractivity contribution in [3.05, 3.63) is 18.2 Å². The number of aliphatic hydroxyl groups is 1. The second kappa shape index (κ2) is 15.6. The van der Waals surface area contributed by atoms with Crippen molar-refractivity contribution in [3.63, 3.8) is 0 Å². The first-order valence-corrected chi connectivity index (χ1v) is 13.4. The molecule has 1 rings (SSSR count). The topological polar surface area (TPSA) is 200 Å². The van der Waals surface area contributed by atoms with Gasteiger partial charge in [0.15, 0.2) is 6.04 Å². The highest BCUT2D eigenvalue weighted by Crippen LogP contribution is 2.06. The van der Waals surface area contributed by atoms with Crippen LogP contribution >= 0.6 is 23.5 Å². The van der Waals surface area contributed by atoms with Gasteiger partial charge in [-0.1, -0.05) is 0 Å². The average Bonchev–Trinajstić information content (AvgIpc) is 3.30. The Labute approximate surface area is 207 Å². The maximum Gasteiger partial charge on any atom is 0.328 e. The molecular weight excluding hydrogens is 484 g/mol. The van der Waals surface area contributed by atoms with Crippen LogP contribution < -0.4 is 21.7 Å². The lowest BCUT2D eigenvalue weighted by Gasteiger charge is -2.25. The van der Waals surface area contributed by atoms with Crippen molar-refractivity contribution >= 4 is 47.2 Å². The van der Waals surface area contributed by atoms with Gasteiger partial charge in [0.1, 0.15) is 12.1 Å². The third-order valence-corrected chi connectivity index (χ3v) is 6.16. The number of thioether (sulfide) groups is 2. The number of carboxylic acids is 1. The Morgan fingerprint density at radius 2 is 1.62 bits per heavy atom. The summed E-state index contributed by atoms with van der Waals surface area (Å²) in [7, 11) is 0. The average molecular weight is 519 g/mol. The smallest absolute Gasteiger partial charge is 0.328 e. The number of carbonyl (C=O) groups excluding carboxylic acids is 3. The van der Waals surface area contributed by atoms with E-state index in [4.69, 9.17) is 5.73 Å². The van der Waals surface area contributed by atoms with Gasteiger partial charge in [0, 0.05) is 18.3 Å². The minimum Gasteiger partial charge on any atom is -0.480 e. The largest absolute Gasteiger partial charge is 0.480 e. The summed E-state index contributed by atoms with van der Waals surface area (Å²) >= 11 is 2.99. The normalized spacial score (nSPS) is 15.4. The first kappa shape index (κ1) is 29.7. The molecule has 0 saturated heterocycles. The van der Waals surface area contributed by atoms with Crippen molar-refractivity contribution in [2.24, 2.45) is 5.73 Å². The van der Waals surface area contributed by atoms with E-state index >= 15 is 0 Å². The summed E-state index contributed by atoms with van der Waals surface area (Å²) in [4.78, 5) is 56.5. The highest BCUT2D eigenvalue weighted by Gasteiger charge is 2.32. The van der Waals surface area contributed by atoms with E-state index in [1.807, 2.05) is 12.5 Å². The van der Waals surface area contributed by atoms with Gasteiger partial charge in [-0.05, 0) is 43.8 Å². The van der Waals surface area contributed by atoms with E-state index in [9.17, 15) is 29.4 Å². The summed E-state index contributed by atoms with van der Waals surface area (Å²) in [6, 6.07) is -4.46. The van der Waals surface area contributed by atoms with Gasteiger partial charge < -0.3 is 36.9 Å². The molecule has 0 aliphatic rings. The van der Waals surface area contributed by atoms with E-state index in [1.54, 1.807) is 11.8 Å². The third kappa shape index (κ3) is 10.3. The maximum absolute atomic E-state index is 13.1. The molecule has 12 nitrogen and oxygen atoms in total. The number of nitrogens with zero attached hydrogens (tertiary/aromatic N) is 1. The van der Waals surface area contributed by atoms with Crippen molar-refractivity contribution in [1.29, 1.82) is 0 Å². The number of aliphatic carboxylic acids is 1. The summed E-state index contributed by atoms with van der Waals surface area (Å²) in [6.45, 7) is 1.24. The lowest BCUT2D eigenvalue weighted by Crippen LogP contribution is -2.58. The van der Waals surface area contributed by atoms with Crippen LogP contribution in [0.1, 0.15) is 25.5 Å². The van der Waals surface area contributed by atoms with Gasteiger partial charge in [-0.15, -0.1) is 0 Å². The first-order chi connectivity index (χ1) is 16.1. The monoisotopic (exact) mass is 518 g/mol.